The van der Waals surface area contributed by atoms with E-state index in [1.54, 1.807) is 0 Å². The van der Waals surface area contributed by atoms with Crippen molar-refractivity contribution in [2.24, 2.45) is 0 Å². The Labute approximate surface area is 393 Å². The molecule has 318 valence electrons. The lowest BCUT2D eigenvalue weighted by Gasteiger charge is -2.22. The van der Waals surface area contributed by atoms with Crippen LogP contribution in [0.25, 0.3) is 83.9 Å². The number of rotatable bonds is 7. The number of aryl methyl sites for hydroxylation is 3. The number of aromatic nitrogens is 3. The Balaban J connectivity index is 1.33. The lowest BCUT2D eigenvalue weighted by molar-refractivity contribution is 0.472. The van der Waals surface area contributed by atoms with Crippen molar-refractivity contribution < 1.29 is 18.8 Å². The summed E-state index contributed by atoms with van der Waals surface area (Å²) >= 11 is 0. The van der Waals surface area contributed by atoms with Gasteiger partial charge in [0.05, 0.1) is 37.6 Å². The Morgan fingerprint density at radius 1 is 0.547 bits per heavy atom. The fourth-order valence-electron chi connectivity index (χ4n) is 8.44. The molecule has 0 aliphatic carbocycles. The lowest BCUT2D eigenvalue weighted by Crippen LogP contribution is -2.11. The standard InChI is InChI=1S/C60H57N3O/c1-37-19-21-41(22-20-37)44-27-28-61-53(35-44)46-32-45(33-48(34-46)60(8,9)10)49-17-14-18-54-56(49)62-58(52-30-38(2)29-40(4)57(52)64)63(54)55-31-39(3)50(36-51(55)42-15-12-11-13-16-42)43-23-25-47(26-24-43)59(5,6)7/h11-36,64H,1-10H3/i1D3,19D,20D,21D,22D,27D,28D,35D. The van der Waals surface area contributed by atoms with Crippen LogP contribution in [0.2, 0.25) is 0 Å². The number of imidazole rings is 1. The fraction of sp³-hybridized carbons (Fsp3) is 0.200. The molecular formula is C60H57N3O. The van der Waals surface area contributed by atoms with E-state index in [2.05, 4.69) is 85.8 Å². The van der Waals surface area contributed by atoms with Gasteiger partial charge in [-0.2, -0.15) is 0 Å². The van der Waals surface area contributed by atoms with Crippen molar-refractivity contribution in [2.75, 3.05) is 0 Å². The average molecular weight is 846 g/mol. The van der Waals surface area contributed by atoms with Crippen LogP contribution in [0, 0.1) is 27.6 Å². The second kappa shape index (κ2) is 16.3. The Kier molecular flexibility index (Phi) is 8.06. The SMILES string of the molecule is [2H]c1nc(-c2cc(-c3cccc4c3nc(-c3cc(C)cc(C)c3O)n4-c3cc(C)c(-c4ccc(C(C)(C)C)cc4)cc3-c3ccccc3)cc(C(C)(C)C)c2)c([2H])c(-c2c([2H])c([2H])c(C([2H])([2H])[2H])c([2H])c2[2H])c1[2H]. The van der Waals surface area contributed by atoms with Crippen LogP contribution in [0.4, 0.5) is 0 Å². The predicted octanol–water partition coefficient (Wildman–Crippen LogP) is 16.0. The van der Waals surface area contributed by atoms with Crippen LogP contribution in [0.3, 0.4) is 0 Å². The average Bonchev–Trinajstić information content (AvgIpc) is 3.73. The molecule has 0 saturated heterocycles. The topological polar surface area (TPSA) is 50.9 Å². The van der Waals surface area contributed by atoms with E-state index < -0.39 is 65.8 Å². The number of phenolic OH excluding ortho intramolecular Hbond substituents is 1. The number of hydrogen-bond donors (Lipinski definition) is 1. The summed E-state index contributed by atoms with van der Waals surface area (Å²) in [6, 6.07) is 34.8. The third-order valence-corrected chi connectivity index (χ3v) is 12.0. The minimum Gasteiger partial charge on any atom is -0.507 e. The van der Waals surface area contributed by atoms with Gasteiger partial charge in [-0.25, -0.2) is 4.98 Å². The van der Waals surface area contributed by atoms with Gasteiger partial charge in [-0.3, -0.25) is 9.55 Å². The smallest absolute Gasteiger partial charge is 0.149 e. The molecule has 4 nitrogen and oxygen atoms in total. The number of hydrogen-bond acceptors (Lipinski definition) is 3. The molecule has 0 amide bonds. The molecule has 0 spiro atoms. The summed E-state index contributed by atoms with van der Waals surface area (Å²) in [5, 5.41) is 12.0. The highest BCUT2D eigenvalue weighted by atomic mass is 16.3. The van der Waals surface area contributed by atoms with Gasteiger partial charge in [-0.05, 0) is 148 Å². The summed E-state index contributed by atoms with van der Waals surface area (Å²) in [4.78, 5) is 9.95. The third-order valence-electron chi connectivity index (χ3n) is 12.0. The second-order valence-corrected chi connectivity index (χ2v) is 18.8. The molecule has 9 aromatic rings. The van der Waals surface area contributed by atoms with Crippen LogP contribution in [0.5, 0.6) is 5.75 Å². The van der Waals surface area contributed by atoms with Crippen LogP contribution in [-0.2, 0) is 10.8 Å². The van der Waals surface area contributed by atoms with Crippen molar-refractivity contribution in [1.29, 1.82) is 0 Å². The zero-order valence-corrected chi connectivity index (χ0v) is 37.8. The minimum absolute atomic E-state index is 0.0101. The monoisotopic (exact) mass is 846 g/mol. The van der Waals surface area contributed by atoms with Gasteiger partial charge in [0.25, 0.3) is 0 Å². The molecule has 2 aromatic heterocycles. The first-order chi connectivity index (χ1) is 34.7. The maximum atomic E-state index is 12.0. The van der Waals surface area contributed by atoms with E-state index in [1.807, 2.05) is 101 Å². The van der Waals surface area contributed by atoms with Gasteiger partial charge in [0.15, 0.2) is 0 Å². The maximum absolute atomic E-state index is 12.0. The van der Waals surface area contributed by atoms with Gasteiger partial charge in [0, 0.05) is 27.0 Å². The number of pyridine rings is 1. The first kappa shape index (κ1) is 31.7. The highest BCUT2D eigenvalue weighted by Gasteiger charge is 2.25. The number of nitrogens with zero attached hydrogens (tertiary/aromatic N) is 3. The second-order valence-electron chi connectivity index (χ2n) is 18.8. The minimum atomic E-state index is -2.97. The van der Waals surface area contributed by atoms with Crippen LogP contribution in [-0.4, -0.2) is 19.6 Å². The van der Waals surface area contributed by atoms with Crippen molar-refractivity contribution >= 4 is 11.0 Å². The first-order valence-electron chi connectivity index (χ1n) is 26.6. The van der Waals surface area contributed by atoms with E-state index in [-0.39, 0.29) is 22.4 Å². The molecule has 2 heterocycles. The van der Waals surface area contributed by atoms with Crippen LogP contribution in [0.15, 0.2) is 158 Å². The summed E-state index contributed by atoms with van der Waals surface area (Å²) in [7, 11) is 0. The van der Waals surface area contributed by atoms with E-state index in [0.717, 1.165) is 50.1 Å². The van der Waals surface area contributed by atoms with E-state index >= 15 is 0 Å². The maximum Gasteiger partial charge on any atom is 0.149 e. The molecule has 0 bridgehead atoms. The Morgan fingerprint density at radius 2 is 1.25 bits per heavy atom. The van der Waals surface area contributed by atoms with Crippen molar-refractivity contribution in [3.8, 4) is 78.6 Å². The molecule has 0 radical (unpaired) electrons. The van der Waals surface area contributed by atoms with Gasteiger partial charge in [-0.15, -0.1) is 0 Å². The van der Waals surface area contributed by atoms with Crippen molar-refractivity contribution in [1.82, 2.24) is 14.5 Å². The zero-order valence-electron chi connectivity index (χ0n) is 47.8. The molecule has 64 heavy (non-hydrogen) atoms. The quantitative estimate of drug-likeness (QED) is 0.174. The van der Waals surface area contributed by atoms with Crippen LogP contribution < -0.4 is 0 Å². The van der Waals surface area contributed by atoms with Crippen molar-refractivity contribution in [3.05, 3.63) is 191 Å². The molecule has 0 saturated carbocycles. The van der Waals surface area contributed by atoms with Gasteiger partial charge in [0.2, 0.25) is 0 Å². The van der Waals surface area contributed by atoms with Crippen LogP contribution >= 0.6 is 0 Å². The van der Waals surface area contributed by atoms with E-state index in [1.165, 1.54) is 5.56 Å². The highest BCUT2D eigenvalue weighted by molar-refractivity contribution is 5.98. The first-order valence-corrected chi connectivity index (χ1v) is 21.6. The Hall–Kier alpha value is -7.04. The molecule has 1 N–H and O–H groups in total. The molecule has 4 heteroatoms. The number of para-hydroxylation sites is 1. The Bertz CT molecular complexity index is 3710. The Morgan fingerprint density at radius 3 is 1.95 bits per heavy atom. The molecule has 0 aliphatic heterocycles. The zero-order chi connectivity index (χ0) is 53.7. The molecular weight excluding hydrogens is 779 g/mol. The van der Waals surface area contributed by atoms with Gasteiger partial charge >= 0.3 is 0 Å². The van der Waals surface area contributed by atoms with Crippen molar-refractivity contribution in [3.63, 3.8) is 0 Å². The summed E-state index contributed by atoms with van der Waals surface area (Å²) in [5.74, 6) is 0.611. The molecule has 7 aromatic carbocycles. The fourth-order valence-corrected chi connectivity index (χ4v) is 8.44. The summed E-state index contributed by atoms with van der Waals surface area (Å²) in [6.45, 7) is 15.8. The third kappa shape index (κ3) is 8.05. The van der Waals surface area contributed by atoms with E-state index in [0.29, 0.717) is 39.2 Å². The number of fused-ring (bicyclic) bond motifs is 1. The lowest BCUT2D eigenvalue weighted by atomic mass is 9.83. The van der Waals surface area contributed by atoms with Gasteiger partial charge < -0.3 is 5.11 Å². The van der Waals surface area contributed by atoms with Crippen LogP contribution in [0.1, 0.15) is 88.6 Å². The van der Waals surface area contributed by atoms with Gasteiger partial charge in [0.1, 0.15) is 11.6 Å². The largest absolute Gasteiger partial charge is 0.507 e. The molecule has 0 fully saturated rings. The molecule has 9 rings (SSSR count). The molecule has 0 aliphatic rings. The molecule has 0 unspecified atom stereocenters. The normalized spacial score (nSPS) is 14.4. The number of aromatic hydroxyl groups is 1. The predicted molar refractivity (Wildman–Crippen MR) is 269 cm³/mol. The number of benzene rings is 7. The number of phenols is 1. The summed E-state index contributed by atoms with van der Waals surface area (Å²) in [5.41, 5.74) is 11.2. The summed E-state index contributed by atoms with van der Waals surface area (Å²) < 4.78 is 88.3. The van der Waals surface area contributed by atoms with E-state index in [4.69, 9.17) is 17.3 Å². The van der Waals surface area contributed by atoms with Gasteiger partial charge in [-0.1, -0.05) is 150 Å². The van der Waals surface area contributed by atoms with E-state index in [9.17, 15) is 6.48 Å². The highest BCUT2D eigenvalue weighted by Crippen LogP contribution is 2.44. The van der Waals surface area contributed by atoms with Crippen molar-refractivity contribution in [2.45, 2.75) is 80.0 Å². The summed E-state index contributed by atoms with van der Waals surface area (Å²) in [6.07, 6.45) is -0.568. The molecule has 0 atom stereocenters.